The fraction of sp³-hybridized carbons (Fsp3) is 0.310. The van der Waals surface area contributed by atoms with Gasteiger partial charge in [-0.15, -0.1) is 5.10 Å². The molecule has 0 saturated heterocycles. The van der Waals surface area contributed by atoms with E-state index in [2.05, 4.69) is 10.4 Å². The average Bonchev–Trinajstić information content (AvgIpc) is 3.24. The van der Waals surface area contributed by atoms with E-state index in [4.69, 9.17) is 9.72 Å². The van der Waals surface area contributed by atoms with E-state index in [9.17, 15) is 22.8 Å². The summed E-state index contributed by atoms with van der Waals surface area (Å²) in [4.78, 5) is 28.8. The number of alkyl halides is 3. The summed E-state index contributed by atoms with van der Waals surface area (Å²) in [5.74, 6) is -2.37. The minimum absolute atomic E-state index is 0.258. The molecule has 2 aromatic carbocycles. The van der Waals surface area contributed by atoms with Gasteiger partial charge in [0.1, 0.15) is 11.3 Å². The summed E-state index contributed by atoms with van der Waals surface area (Å²) in [5, 5.41) is 9.10. The number of carbonyl (C=O) groups excluding carboxylic acids is 2. The molecule has 1 aliphatic rings. The van der Waals surface area contributed by atoms with Crippen LogP contribution >= 0.6 is 0 Å². The van der Waals surface area contributed by atoms with Gasteiger partial charge in [-0.3, -0.25) is 4.79 Å². The molecule has 1 fully saturated rings. The Labute approximate surface area is 228 Å². The second kappa shape index (κ2) is 9.96. The molecule has 0 spiro atoms. The highest BCUT2D eigenvalue weighted by atomic mass is 19.4. The van der Waals surface area contributed by atoms with Crippen LogP contribution in [0.1, 0.15) is 45.6 Å². The third-order valence-electron chi connectivity index (χ3n) is 6.68. The summed E-state index contributed by atoms with van der Waals surface area (Å²) >= 11 is 0. The van der Waals surface area contributed by atoms with Crippen molar-refractivity contribution < 1.29 is 27.5 Å². The van der Waals surface area contributed by atoms with E-state index in [1.165, 1.54) is 16.6 Å². The Hall–Kier alpha value is -4.41. The highest BCUT2D eigenvalue weighted by Gasteiger charge is 2.41. The Bertz CT molecular complexity index is 1550. The van der Waals surface area contributed by atoms with Crippen LogP contribution < -0.4 is 10.6 Å². The van der Waals surface area contributed by atoms with Gasteiger partial charge in [0.05, 0.1) is 11.2 Å². The molecular formula is C29H28F3N5O3. The zero-order valence-corrected chi connectivity index (χ0v) is 22.2. The predicted molar refractivity (Wildman–Crippen MR) is 143 cm³/mol. The molecule has 2 heterocycles. The van der Waals surface area contributed by atoms with Crippen molar-refractivity contribution in [1.29, 1.82) is 0 Å². The summed E-state index contributed by atoms with van der Waals surface area (Å²) in [6.07, 6.45) is -2.97. The van der Waals surface area contributed by atoms with Gasteiger partial charge in [0.2, 0.25) is 0 Å². The number of halogens is 3. The molecular weight excluding hydrogens is 523 g/mol. The quantitative estimate of drug-likeness (QED) is 0.296. The number of rotatable bonds is 5. The highest BCUT2D eigenvalue weighted by molar-refractivity contribution is 5.94. The molecule has 208 valence electrons. The van der Waals surface area contributed by atoms with Crippen LogP contribution in [-0.4, -0.2) is 38.4 Å². The fourth-order valence-electron chi connectivity index (χ4n) is 4.71. The van der Waals surface area contributed by atoms with E-state index in [-0.39, 0.29) is 5.82 Å². The smallest absolute Gasteiger partial charge is 0.444 e. The first-order valence-electron chi connectivity index (χ1n) is 12.8. The molecule has 40 heavy (non-hydrogen) atoms. The van der Waals surface area contributed by atoms with Gasteiger partial charge < -0.3 is 15.4 Å². The Morgan fingerprint density at radius 2 is 1.60 bits per heavy atom. The van der Waals surface area contributed by atoms with Gasteiger partial charge >= 0.3 is 18.2 Å². The van der Waals surface area contributed by atoms with Crippen molar-refractivity contribution in [3.63, 3.8) is 0 Å². The molecule has 0 atom stereocenters. The van der Waals surface area contributed by atoms with Gasteiger partial charge in [-0.05, 0) is 57.7 Å². The minimum Gasteiger partial charge on any atom is -0.444 e. The Balaban J connectivity index is 1.52. The van der Waals surface area contributed by atoms with Crippen molar-refractivity contribution >= 4 is 23.5 Å². The molecule has 1 aliphatic carbocycles. The SMILES string of the molecule is CC(C)(C)OC(=O)NC1(c2ccc(-c3nc4ccc(NC(=O)C(F)(F)F)nn4c3-c3ccccc3)cc2)CCC1. The van der Waals surface area contributed by atoms with Crippen LogP contribution in [0.5, 0.6) is 0 Å². The lowest BCUT2D eigenvalue weighted by Gasteiger charge is -2.43. The molecule has 5 rings (SSSR count). The number of hydrogen-bond acceptors (Lipinski definition) is 5. The largest absolute Gasteiger partial charge is 0.471 e. The monoisotopic (exact) mass is 551 g/mol. The number of nitrogens with zero attached hydrogens (tertiary/aromatic N) is 3. The van der Waals surface area contributed by atoms with E-state index in [1.54, 1.807) is 5.32 Å². The first-order chi connectivity index (χ1) is 18.8. The van der Waals surface area contributed by atoms with Crippen LogP contribution in [0.15, 0.2) is 66.7 Å². The van der Waals surface area contributed by atoms with E-state index < -0.39 is 29.3 Å². The number of carbonyl (C=O) groups is 2. The number of fused-ring (bicyclic) bond motifs is 1. The lowest BCUT2D eigenvalue weighted by Crippen LogP contribution is -2.52. The molecule has 0 unspecified atom stereocenters. The van der Waals surface area contributed by atoms with Gasteiger partial charge in [0, 0.05) is 11.1 Å². The number of benzene rings is 2. The summed E-state index contributed by atoms with van der Waals surface area (Å²) in [6, 6.07) is 19.6. The van der Waals surface area contributed by atoms with Gasteiger partial charge in [-0.25, -0.2) is 14.3 Å². The van der Waals surface area contributed by atoms with Crippen LogP contribution in [-0.2, 0) is 15.1 Å². The Morgan fingerprint density at radius 1 is 0.925 bits per heavy atom. The van der Waals surface area contributed by atoms with Crippen molar-refractivity contribution in [1.82, 2.24) is 19.9 Å². The number of hydrogen-bond donors (Lipinski definition) is 2. The summed E-state index contributed by atoms with van der Waals surface area (Å²) in [5.41, 5.74) is 2.81. The van der Waals surface area contributed by atoms with Crippen LogP contribution in [0.4, 0.5) is 23.8 Å². The lowest BCUT2D eigenvalue weighted by atomic mass is 9.71. The third-order valence-corrected chi connectivity index (χ3v) is 6.68. The maximum atomic E-state index is 12.8. The van der Waals surface area contributed by atoms with Crippen molar-refractivity contribution in [2.24, 2.45) is 0 Å². The maximum Gasteiger partial charge on any atom is 0.471 e. The molecule has 11 heteroatoms. The van der Waals surface area contributed by atoms with E-state index >= 15 is 0 Å². The first-order valence-corrected chi connectivity index (χ1v) is 12.8. The van der Waals surface area contributed by atoms with Gasteiger partial charge in [-0.2, -0.15) is 13.2 Å². The van der Waals surface area contributed by atoms with Gasteiger partial charge in [0.15, 0.2) is 11.5 Å². The van der Waals surface area contributed by atoms with Gasteiger partial charge in [-0.1, -0.05) is 54.6 Å². The van der Waals surface area contributed by atoms with E-state index in [1.807, 2.05) is 75.4 Å². The zero-order valence-electron chi connectivity index (χ0n) is 22.2. The number of aromatic nitrogens is 3. The van der Waals surface area contributed by atoms with Crippen LogP contribution in [0.25, 0.3) is 28.2 Å². The summed E-state index contributed by atoms with van der Waals surface area (Å²) in [6.45, 7) is 5.45. The molecule has 2 aromatic heterocycles. The summed E-state index contributed by atoms with van der Waals surface area (Å²) < 4.78 is 45.3. The second-order valence-electron chi connectivity index (χ2n) is 10.8. The van der Waals surface area contributed by atoms with Crippen LogP contribution in [0.3, 0.4) is 0 Å². The lowest BCUT2D eigenvalue weighted by molar-refractivity contribution is -0.167. The standard InChI is InChI=1S/C29H28F3N5O3/c1-27(2,3)40-26(39)35-28(16-7-17-28)20-12-10-18(11-13-20)23-24(19-8-5-4-6-9-19)37-22(34-23)15-14-21(36-37)33-25(38)29(30,31)32/h4-6,8-15H,7,16-17H2,1-3H3,(H,35,39)(H,33,36,38). The Kier molecular flexibility index (Phi) is 6.77. The predicted octanol–water partition coefficient (Wildman–Crippen LogP) is 6.47. The molecule has 1 saturated carbocycles. The van der Waals surface area contributed by atoms with E-state index in [0.717, 1.165) is 36.0 Å². The van der Waals surface area contributed by atoms with Crippen LogP contribution in [0.2, 0.25) is 0 Å². The number of ether oxygens (including phenoxy) is 1. The normalized spacial score (nSPS) is 14.8. The molecule has 2 amide bonds. The molecule has 8 nitrogen and oxygen atoms in total. The average molecular weight is 552 g/mol. The first kappa shape index (κ1) is 27.2. The molecule has 0 radical (unpaired) electrons. The highest BCUT2D eigenvalue weighted by Crippen LogP contribution is 2.42. The fourth-order valence-corrected chi connectivity index (χ4v) is 4.71. The zero-order chi connectivity index (χ0) is 28.7. The minimum atomic E-state index is -5.04. The summed E-state index contributed by atoms with van der Waals surface area (Å²) in [7, 11) is 0. The number of imidazole rings is 1. The van der Waals surface area contributed by atoms with Crippen LogP contribution in [0, 0.1) is 0 Å². The van der Waals surface area contributed by atoms with Crippen molar-refractivity contribution in [2.45, 2.75) is 57.3 Å². The van der Waals surface area contributed by atoms with Crippen molar-refractivity contribution in [3.05, 3.63) is 72.3 Å². The number of anilines is 1. The molecule has 4 aromatic rings. The maximum absolute atomic E-state index is 12.8. The molecule has 0 aliphatic heterocycles. The number of amides is 2. The molecule has 2 N–H and O–H groups in total. The topological polar surface area (TPSA) is 97.6 Å². The third kappa shape index (κ3) is 5.49. The number of alkyl carbamates (subject to hydrolysis) is 1. The Morgan fingerprint density at radius 3 is 2.17 bits per heavy atom. The second-order valence-corrected chi connectivity index (χ2v) is 10.8. The van der Waals surface area contributed by atoms with Crippen molar-refractivity contribution in [3.8, 4) is 22.5 Å². The van der Waals surface area contributed by atoms with E-state index in [0.29, 0.717) is 17.0 Å². The number of nitrogens with one attached hydrogen (secondary N) is 2. The van der Waals surface area contributed by atoms with Crippen molar-refractivity contribution in [2.75, 3.05) is 5.32 Å². The molecule has 0 bridgehead atoms. The van der Waals surface area contributed by atoms with Gasteiger partial charge in [0.25, 0.3) is 0 Å².